The monoisotopic (exact) mass is 472 g/mol. The summed E-state index contributed by atoms with van der Waals surface area (Å²) < 4.78 is 3.18. The highest BCUT2D eigenvalue weighted by molar-refractivity contribution is 8.00. The Kier molecular flexibility index (Phi) is 5.82. The zero-order valence-electron chi connectivity index (χ0n) is 15.6. The van der Waals surface area contributed by atoms with Gasteiger partial charge in [0.25, 0.3) is 0 Å². The molecule has 6 nitrogen and oxygen atoms in total. The molecule has 0 spiro atoms. The van der Waals surface area contributed by atoms with Crippen LogP contribution in [-0.2, 0) is 0 Å². The van der Waals surface area contributed by atoms with Gasteiger partial charge in [-0.1, -0.05) is 35.3 Å². The molecule has 3 aromatic carbocycles. The van der Waals surface area contributed by atoms with E-state index in [0.717, 1.165) is 22.7 Å². The molecule has 9 heteroatoms. The Morgan fingerprint density at radius 2 is 1.45 bits per heavy atom. The van der Waals surface area contributed by atoms with Crippen molar-refractivity contribution in [2.45, 2.75) is 4.90 Å². The molecule has 0 radical (unpaired) electrons. The molecular formula is C22H14Cl2N2O4S. The summed E-state index contributed by atoms with van der Waals surface area (Å²) in [5.74, 6) is -2.28. The van der Waals surface area contributed by atoms with Crippen LogP contribution in [-0.4, -0.2) is 21.8 Å². The van der Waals surface area contributed by atoms with E-state index in [-0.39, 0.29) is 21.8 Å². The van der Waals surface area contributed by atoms with Gasteiger partial charge in [-0.15, -0.1) is 0 Å². The first-order valence-electron chi connectivity index (χ1n) is 8.95. The Bertz CT molecular complexity index is 1260. The normalized spacial score (nSPS) is 12.6. The number of anilines is 3. The Morgan fingerprint density at radius 3 is 2.16 bits per heavy atom. The second-order valence-corrected chi connectivity index (χ2v) is 8.26. The van der Waals surface area contributed by atoms with Gasteiger partial charge in [-0.05, 0) is 60.5 Å². The Hall–Kier alpha value is -3.13. The minimum Gasteiger partial charge on any atom is -0.505 e. The summed E-state index contributed by atoms with van der Waals surface area (Å²) in [6.45, 7) is 0. The number of rotatable bonds is 5. The highest BCUT2D eigenvalue weighted by Gasteiger charge is 2.31. The average molecular weight is 473 g/mol. The zero-order chi connectivity index (χ0) is 22.1. The fourth-order valence-corrected chi connectivity index (χ4v) is 4.17. The summed E-state index contributed by atoms with van der Waals surface area (Å²) in [5, 5.41) is 24.3. The van der Waals surface area contributed by atoms with Gasteiger partial charge in [-0.3, -0.25) is 9.59 Å². The number of fused-ring (bicyclic) bond motifs is 1. The van der Waals surface area contributed by atoms with E-state index in [9.17, 15) is 19.8 Å². The third-order valence-electron chi connectivity index (χ3n) is 4.48. The summed E-state index contributed by atoms with van der Waals surface area (Å²) in [4.78, 5) is 25.1. The molecule has 4 N–H and O–H groups in total. The average Bonchev–Trinajstić information content (AvgIpc) is 2.75. The van der Waals surface area contributed by atoms with Crippen LogP contribution in [0.2, 0.25) is 10.0 Å². The van der Waals surface area contributed by atoms with Gasteiger partial charge in [0.2, 0.25) is 0 Å². The summed E-state index contributed by atoms with van der Waals surface area (Å²) in [6.07, 6.45) is 2.07. The van der Waals surface area contributed by atoms with Crippen LogP contribution in [0.5, 0.6) is 11.5 Å². The minimum atomic E-state index is -0.610. The van der Waals surface area contributed by atoms with Gasteiger partial charge < -0.3 is 20.3 Å². The number of halogens is 2. The first-order valence-corrected chi connectivity index (χ1v) is 10.5. The van der Waals surface area contributed by atoms with E-state index in [1.165, 1.54) is 11.9 Å². The minimum absolute atomic E-state index is 0.0701. The third kappa shape index (κ3) is 4.20. The number of ketones is 2. The van der Waals surface area contributed by atoms with Gasteiger partial charge in [-0.25, -0.2) is 0 Å². The van der Waals surface area contributed by atoms with Crippen LogP contribution >= 0.6 is 35.1 Å². The SMILES string of the molecule is O=C1C=CC(=O)c2c(O)c(Nc3cccc(SNc4cccc(Cl)c4)c3)c(Cl)c(O)c21. The molecule has 156 valence electrons. The smallest absolute Gasteiger partial charge is 0.190 e. The van der Waals surface area contributed by atoms with Crippen LogP contribution < -0.4 is 10.0 Å². The van der Waals surface area contributed by atoms with E-state index >= 15 is 0 Å². The molecule has 0 saturated heterocycles. The van der Waals surface area contributed by atoms with Crippen molar-refractivity contribution < 1.29 is 19.8 Å². The maximum Gasteiger partial charge on any atom is 0.190 e. The maximum atomic E-state index is 12.2. The van der Waals surface area contributed by atoms with Gasteiger partial charge in [0.05, 0.1) is 11.1 Å². The first-order chi connectivity index (χ1) is 14.8. The molecule has 3 aromatic rings. The molecule has 0 bridgehead atoms. The van der Waals surface area contributed by atoms with Gasteiger partial charge in [0.1, 0.15) is 16.5 Å². The number of aromatic hydroxyl groups is 2. The second kappa shape index (κ2) is 8.55. The van der Waals surface area contributed by atoms with E-state index in [1.54, 1.807) is 30.3 Å². The molecule has 0 aliphatic heterocycles. The molecule has 1 aliphatic carbocycles. The highest BCUT2D eigenvalue weighted by atomic mass is 35.5. The van der Waals surface area contributed by atoms with Crippen molar-refractivity contribution in [2.75, 3.05) is 10.0 Å². The fourth-order valence-electron chi connectivity index (χ4n) is 3.06. The van der Waals surface area contributed by atoms with Crippen molar-refractivity contribution in [1.29, 1.82) is 0 Å². The molecule has 4 rings (SSSR count). The number of benzene rings is 3. The molecule has 0 saturated carbocycles. The standard InChI is InChI=1S/C22H14Cl2N2O4S/c23-11-3-1-5-13(9-11)26-31-14-6-2-4-12(10-14)25-20-19(24)21(29)17-15(27)7-8-16(28)18(17)22(20)30/h1-10,25-26,29-30H. The molecule has 0 fully saturated rings. The second-order valence-electron chi connectivity index (χ2n) is 6.57. The third-order valence-corrected chi connectivity index (χ3v) is 5.91. The van der Waals surface area contributed by atoms with Crippen LogP contribution in [0, 0.1) is 0 Å². The number of hydrogen-bond acceptors (Lipinski definition) is 7. The molecule has 0 heterocycles. The number of carbonyl (C=O) groups excluding carboxylic acids is 2. The molecule has 0 atom stereocenters. The lowest BCUT2D eigenvalue weighted by atomic mass is 9.92. The van der Waals surface area contributed by atoms with Crippen LogP contribution in [0.4, 0.5) is 17.1 Å². The van der Waals surface area contributed by atoms with Crippen molar-refractivity contribution in [3.8, 4) is 11.5 Å². The number of nitrogens with one attached hydrogen (secondary N) is 2. The fraction of sp³-hybridized carbons (Fsp3) is 0. The molecule has 0 amide bonds. The van der Waals surface area contributed by atoms with Crippen molar-refractivity contribution in [3.63, 3.8) is 0 Å². The van der Waals surface area contributed by atoms with E-state index in [2.05, 4.69) is 10.0 Å². The van der Waals surface area contributed by atoms with Gasteiger partial charge >= 0.3 is 0 Å². The number of phenols is 2. The van der Waals surface area contributed by atoms with Crippen LogP contribution in [0.3, 0.4) is 0 Å². The van der Waals surface area contributed by atoms with Crippen molar-refractivity contribution in [2.24, 2.45) is 0 Å². The van der Waals surface area contributed by atoms with Gasteiger partial charge in [0, 0.05) is 21.3 Å². The van der Waals surface area contributed by atoms with E-state index in [1.807, 2.05) is 18.2 Å². The highest BCUT2D eigenvalue weighted by Crippen LogP contribution is 2.47. The van der Waals surface area contributed by atoms with E-state index < -0.39 is 23.1 Å². The summed E-state index contributed by atoms with van der Waals surface area (Å²) in [5.41, 5.74) is 0.701. The van der Waals surface area contributed by atoms with Crippen LogP contribution in [0.15, 0.2) is 65.6 Å². The Labute approximate surface area is 191 Å². The number of carbonyl (C=O) groups is 2. The van der Waals surface area contributed by atoms with Gasteiger partial charge in [0.15, 0.2) is 17.3 Å². The van der Waals surface area contributed by atoms with E-state index in [0.29, 0.717) is 10.7 Å². The topological polar surface area (TPSA) is 98.7 Å². The zero-order valence-corrected chi connectivity index (χ0v) is 18.0. The molecule has 31 heavy (non-hydrogen) atoms. The summed E-state index contributed by atoms with van der Waals surface area (Å²) in [7, 11) is 0. The van der Waals surface area contributed by atoms with Crippen molar-refractivity contribution in [3.05, 3.63) is 81.9 Å². The van der Waals surface area contributed by atoms with Crippen molar-refractivity contribution >= 4 is 63.8 Å². The Balaban J connectivity index is 1.62. The molecule has 0 unspecified atom stereocenters. The van der Waals surface area contributed by atoms with Gasteiger partial charge in [-0.2, -0.15) is 0 Å². The van der Waals surface area contributed by atoms with E-state index in [4.69, 9.17) is 23.2 Å². The lowest BCUT2D eigenvalue weighted by Crippen LogP contribution is -2.13. The predicted molar refractivity (Wildman–Crippen MR) is 123 cm³/mol. The first kappa shape index (κ1) is 21.1. The quantitative estimate of drug-likeness (QED) is 0.199. The number of hydrogen-bond donors (Lipinski definition) is 4. The number of allylic oxidation sites excluding steroid dienone is 2. The molecule has 0 aromatic heterocycles. The predicted octanol–water partition coefficient (Wildman–Crippen LogP) is 6.20. The summed E-state index contributed by atoms with van der Waals surface area (Å²) >= 11 is 13.5. The molecular weight excluding hydrogens is 459 g/mol. The van der Waals surface area contributed by atoms with Crippen LogP contribution in [0.25, 0.3) is 0 Å². The lowest BCUT2D eigenvalue weighted by molar-refractivity contribution is 0.0989. The maximum absolute atomic E-state index is 12.2. The summed E-state index contributed by atoms with van der Waals surface area (Å²) in [6, 6.07) is 14.4. The molecule has 1 aliphatic rings. The number of phenolic OH excluding ortho intramolecular Hbond substituents is 2. The largest absolute Gasteiger partial charge is 0.505 e. The van der Waals surface area contributed by atoms with Crippen molar-refractivity contribution in [1.82, 2.24) is 0 Å². The Morgan fingerprint density at radius 1 is 0.806 bits per heavy atom. The van der Waals surface area contributed by atoms with Crippen LogP contribution in [0.1, 0.15) is 20.7 Å². The lowest BCUT2D eigenvalue weighted by Gasteiger charge is -2.19.